The molecular weight excluding hydrogens is 474 g/mol. The monoisotopic (exact) mass is 496 g/mol. The highest BCUT2D eigenvalue weighted by Crippen LogP contribution is 2.43. The number of aromatic nitrogens is 2. The Bertz CT molecular complexity index is 1040. The quantitative estimate of drug-likeness (QED) is 0.646. The van der Waals surface area contributed by atoms with Crippen molar-refractivity contribution < 1.29 is 23.0 Å². The maximum atomic E-state index is 15.1. The fourth-order valence-corrected chi connectivity index (χ4v) is 5.87. The number of rotatable bonds is 3. The summed E-state index contributed by atoms with van der Waals surface area (Å²) in [4.78, 5) is 13.4. The van der Waals surface area contributed by atoms with Crippen LogP contribution in [0.5, 0.6) is 11.8 Å². The number of alkyl halides is 1. The number of benzene rings is 1. The molecule has 4 aliphatic rings. The molecule has 2 aromatic rings. The van der Waals surface area contributed by atoms with E-state index in [9.17, 15) is 4.39 Å². The lowest BCUT2D eigenvalue weighted by Crippen LogP contribution is -2.48. The molecule has 0 amide bonds. The first-order chi connectivity index (χ1) is 15.0. The van der Waals surface area contributed by atoms with Crippen LogP contribution in [0.15, 0.2) is 10.5 Å². The van der Waals surface area contributed by atoms with Gasteiger partial charge in [-0.1, -0.05) is 0 Å². The molecule has 7 nitrogen and oxygen atoms in total. The summed E-state index contributed by atoms with van der Waals surface area (Å²) in [5.41, 5.74) is -0.163. The zero-order valence-corrected chi connectivity index (χ0v) is 18.5. The predicted molar refractivity (Wildman–Crippen MR) is 113 cm³/mol. The minimum Gasteiger partial charge on any atom is -0.490 e. The molecule has 5 heterocycles. The van der Waals surface area contributed by atoms with Crippen LogP contribution < -0.4 is 14.4 Å². The summed E-state index contributed by atoms with van der Waals surface area (Å²) >= 11 is 3.28. The van der Waals surface area contributed by atoms with Crippen LogP contribution in [0, 0.1) is 5.82 Å². The normalized spacial score (nSPS) is 30.1. The maximum absolute atomic E-state index is 15.1. The third kappa shape index (κ3) is 3.17. The first-order valence-electron chi connectivity index (χ1n) is 10.7. The van der Waals surface area contributed by atoms with Gasteiger partial charge in [0.15, 0.2) is 5.82 Å². The van der Waals surface area contributed by atoms with Crippen LogP contribution in [0.1, 0.15) is 19.3 Å². The lowest BCUT2D eigenvalue weighted by atomic mass is 9.95. The Kier molecular flexibility index (Phi) is 4.73. The Balaban J connectivity index is 1.41. The molecule has 0 spiro atoms. The van der Waals surface area contributed by atoms with Gasteiger partial charge in [0.05, 0.1) is 34.7 Å². The van der Waals surface area contributed by atoms with Gasteiger partial charge in [-0.25, -0.2) is 8.78 Å². The second kappa shape index (κ2) is 7.38. The van der Waals surface area contributed by atoms with Crippen molar-refractivity contribution in [3.05, 3.63) is 16.4 Å². The number of anilines is 1. The summed E-state index contributed by atoms with van der Waals surface area (Å²) in [5.74, 6) is 0.659. The average molecular weight is 497 g/mol. The van der Waals surface area contributed by atoms with Crippen LogP contribution >= 0.6 is 15.9 Å². The van der Waals surface area contributed by atoms with Crippen LogP contribution in [0.2, 0.25) is 0 Å². The Hall–Kier alpha value is -1.78. The molecule has 0 N–H and O–H groups in total. The van der Waals surface area contributed by atoms with Crippen molar-refractivity contribution in [1.29, 1.82) is 0 Å². The van der Waals surface area contributed by atoms with Crippen LogP contribution in [0.4, 0.5) is 14.6 Å². The van der Waals surface area contributed by atoms with Crippen molar-refractivity contribution >= 4 is 32.7 Å². The molecule has 3 fully saturated rings. The Morgan fingerprint density at radius 2 is 2.19 bits per heavy atom. The summed E-state index contributed by atoms with van der Waals surface area (Å²) in [6, 6.07) is 1.71. The SMILES string of the molecule is Fc1c(Br)cc2c3c(nc(OC[C@@]45CCCN4C[C@H](F)C5)nc13)N1CCOC[C@H]1CO2. The van der Waals surface area contributed by atoms with Gasteiger partial charge in [-0.15, -0.1) is 0 Å². The molecule has 1 aromatic heterocycles. The van der Waals surface area contributed by atoms with E-state index in [0.29, 0.717) is 62.9 Å². The standard InChI is InChI=1S/C21H23BrF2N4O3/c22-14-6-15-16-18(17(14)24)25-20(26-19(16)28-4-5-29-9-13(28)10-30-15)31-11-21-2-1-3-27(21)8-12(23)7-21/h6,12-13H,1-5,7-11H2/t12-,13+,21+/m1/s1. The fraction of sp³-hybridized carbons (Fsp3) is 0.619. The highest BCUT2D eigenvalue weighted by atomic mass is 79.9. The van der Waals surface area contributed by atoms with Gasteiger partial charge in [-0.3, -0.25) is 4.90 Å². The van der Waals surface area contributed by atoms with Gasteiger partial charge in [0.1, 0.15) is 36.5 Å². The molecule has 166 valence electrons. The summed E-state index contributed by atoms with van der Waals surface area (Å²) in [6.45, 7) is 3.73. The van der Waals surface area contributed by atoms with E-state index >= 15 is 4.39 Å². The van der Waals surface area contributed by atoms with Crippen molar-refractivity contribution in [2.75, 3.05) is 51.0 Å². The smallest absolute Gasteiger partial charge is 0.319 e. The van der Waals surface area contributed by atoms with E-state index in [-0.39, 0.29) is 27.6 Å². The van der Waals surface area contributed by atoms with Crippen molar-refractivity contribution in [3.8, 4) is 11.8 Å². The number of morpholine rings is 1. The van der Waals surface area contributed by atoms with Gasteiger partial charge in [0.2, 0.25) is 0 Å². The third-order valence-corrected chi connectivity index (χ3v) is 7.53. The number of halogens is 3. The second-order valence-corrected chi connectivity index (χ2v) is 9.68. The van der Waals surface area contributed by atoms with Gasteiger partial charge in [0.25, 0.3) is 0 Å². The molecule has 1 aromatic carbocycles. The first-order valence-corrected chi connectivity index (χ1v) is 11.5. The van der Waals surface area contributed by atoms with Crippen LogP contribution in [-0.2, 0) is 4.74 Å². The van der Waals surface area contributed by atoms with Crippen molar-refractivity contribution in [2.24, 2.45) is 0 Å². The Morgan fingerprint density at radius 3 is 3.10 bits per heavy atom. The van der Waals surface area contributed by atoms with Crippen LogP contribution in [0.25, 0.3) is 10.9 Å². The maximum Gasteiger partial charge on any atom is 0.319 e. The number of fused-ring (bicyclic) bond motifs is 3. The van der Waals surface area contributed by atoms with E-state index in [1.807, 2.05) is 0 Å². The molecule has 3 atom stereocenters. The number of ether oxygens (including phenoxy) is 3. The van der Waals surface area contributed by atoms with Gasteiger partial charge < -0.3 is 19.1 Å². The van der Waals surface area contributed by atoms with E-state index in [0.717, 1.165) is 19.4 Å². The molecule has 0 radical (unpaired) electrons. The molecule has 0 saturated carbocycles. The zero-order chi connectivity index (χ0) is 21.2. The lowest BCUT2D eigenvalue weighted by Gasteiger charge is -2.35. The highest BCUT2D eigenvalue weighted by Gasteiger charge is 2.49. The number of nitrogens with zero attached hydrogens (tertiary/aromatic N) is 4. The van der Waals surface area contributed by atoms with Crippen molar-refractivity contribution in [1.82, 2.24) is 14.9 Å². The van der Waals surface area contributed by atoms with Crippen molar-refractivity contribution in [2.45, 2.75) is 37.0 Å². The number of hydrogen-bond donors (Lipinski definition) is 0. The van der Waals surface area contributed by atoms with Gasteiger partial charge >= 0.3 is 6.01 Å². The van der Waals surface area contributed by atoms with E-state index in [1.54, 1.807) is 6.07 Å². The molecule has 10 heteroatoms. The van der Waals surface area contributed by atoms with E-state index in [1.165, 1.54) is 0 Å². The molecule has 0 unspecified atom stereocenters. The third-order valence-electron chi connectivity index (χ3n) is 6.95. The van der Waals surface area contributed by atoms with E-state index < -0.39 is 12.0 Å². The summed E-state index contributed by atoms with van der Waals surface area (Å²) in [6.07, 6.45) is 1.53. The molecule has 4 aliphatic heterocycles. The van der Waals surface area contributed by atoms with Gasteiger partial charge in [-0.2, -0.15) is 9.97 Å². The Morgan fingerprint density at radius 1 is 1.29 bits per heavy atom. The summed E-state index contributed by atoms with van der Waals surface area (Å²) in [7, 11) is 0. The van der Waals surface area contributed by atoms with Crippen LogP contribution in [0.3, 0.4) is 0 Å². The minimum absolute atomic E-state index is 0.0278. The zero-order valence-electron chi connectivity index (χ0n) is 17.0. The molecule has 0 bridgehead atoms. The molecule has 6 rings (SSSR count). The molecule has 0 aliphatic carbocycles. The van der Waals surface area contributed by atoms with E-state index in [2.05, 4.69) is 30.7 Å². The fourth-order valence-electron chi connectivity index (χ4n) is 5.47. The Labute approximate surface area is 186 Å². The second-order valence-electron chi connectivity index (χ2n) is 8.82. The summed E-state index contributed by atoms with van der Waals surface area (Å²) < 4.78 is 47.2. The van der Waals surface area contributed by atoms with Crippen LogP contribution in [-0.4, -0.2) is 78.7 Å². The van der Waals surface area contributed by atoms with Crippen molar-refractivity contribution in [3.63, 3.8) is 0 Å². The lowest BCUT2D eigenvalue weighted by molar-refractivity contribution is 0.0780. The first kappa shape index (κ1) is 19.9. The molecular formula is C21H23BrF2N4O3. The molecule has 3 saturated heterocycles. The summed E-state index contributed by atoms with van der Waals surface area (Å²) in [5, 5.41) is 0.544. The highest BCUT2D eigenvalue weighted by molar-refractivity contribution is 9.10. The largest absolute Gasteiger partial charge is 0.490 e. The average Bonchev–Trinajstić information content (AvgIpc) is 3.24. The predicted octanol–water partition coefficient (Wildman–Crippen LogP) is 3.08. The number of hydrogen-bond acceptors (Lipinski definition) is 7. The molecule has 31 heavy (non-hydrogen) atoms. The topological polar surface area (TPSA) is 60.0 Å². The van der Waals surface area contributed by atoms with Gasteiger partial charge in [-0.05, 0) is 41.4 Å². The van der Waals surface area contributed by atoms with Gasteiger partial charge in [0, 0.05) is 19.5 Å². The minimum atomic E-state index is -0.840. The van der Waals surface area contributed by atoms with E-state index in [4.69, 9.17) is 19.2 Å².